The SMILES string of the molecule is CCCCCCCCCCCC(=O)NCCN1CC=NC1CCC. The largest absolute Gasteiger partial charge is 0.355 e. The van der Waals surface area contributed by atoms with Crippen LogP contribution >= 0.6 is 0 Å². The number of nitrogens with zero attached hydrogens (tertiary/aromatic N) is 2. The quantitative estimate of drug-likeness (QED) is 0.446. The normalized spacial score (nSPS) is 17.5. The van der Waals surface area contributed by atoms with Gasteiger partial charge in [-0.3, -0.25) is 14.7 Å². The summed E-state index contributed by atoms with van der Waals surface area (Å²) >= 11 is 0. The van der Waals surface area contributed by atoms with Crippen LogP contribution in [0.25, 0.3) is 0 Å². The summed E-state index contributed by atoms with van der Waals surface area (Å²) < 4.78 is 0. The van der Waals surface area contributed by atoms with Crippen molar-refractivity contribution in [2.75, 3.05) is 19.6 Å². The standard InChI is InChI=1S/C20H39N3O/c1-3-5-6-7-8-9-10-11-12-14-20(24)22-16-18-23-17-15-21-19(23)13-4-2/h15,19H,3-14,16-18H2,1-2H3,(H,22,24). The Bertz CT molecular complexity index is 344. The maximum atomic E-state index is 11.9. The Kier molecular flexibility index (Phi) is 12.7. The smallest absolute Gasteiger partial charge is 0.220 e. The predicted molar refractivity (Wildman–Crippen MR) is 104 cm³/mol. The predicted octanol–water partition coefficient (Wildman–Crippen LogP) is 4.54. The van der Waals surface area contributed by atoms with E-state index in [1.54, 1.807) is 0 Å². The molecule has 0 fully saturated rings. The molecule has 1 unspecified atom stereocenters. The molecule has 1 heterocycles. The molecule has 0 radical (unpaired) electrons. The van der Waals surface area contributed by atoms with Crippen LogP contribution in [0.4, 0.5) is 0 Å². The Morgan fingerprint density at radius 1 is 1.04 bits per heavy atom. The van der Waals surface area contributed by atoms with Crippen molar-refractivity contribution >= 4 is 12.1 Å². The van der Waals surface area contributed by atoms with Gasteiger partial charge in [0.25, 0.3) is 0 Å². The first kappa shape index (κ1) is 21.1. The number of carbonyl (C=O) groups is 1. The van der Waals surface area contributed by atoms with Gasteiger partial charge in [0.05, 0.1) is 0 Å². The lowest BCUT2D eigenvalue weighted by atomic mass is 10.1. The van der Waals surface area contributed by atoms with Crippen molar-refractivity contribution in [1.82, 2.24) is 10.2 Å². The van der Waals surface area contributed by atoms with E-state index in [1.807, 2.05) is 6.21 Å². The second-order valence-electron chi connectivity index (χ2n) is 7.02. The molecule has 0 bridgehead atoms. The van der Waals surface area contributed by atoms with Crippen LogP contribution in [-0.4, -0.2) is 42.8 Å². The molecule has 0 spiro atoms. The molecule has 24 heavy (non-hydrogen) atoms. The number of carbonyl (C=O) groups excluding carboxylic acids is 1. The van der Waals surface area contributed by atoms with Crippen molar-refractivity contribution in [2.24, 2.45) is 4.99 Å². The van der Waals surface area contributed by atoms with Gasteiger partial charge in [-0.1, -0.05) is 71.6 Å². The lowest BCUT2D eigenvalue weighted by Crippen LogP contribution is -2.38. The zero-order chi connectivity index (χ0) is 17.5. The first-order valence-electron chi connectivity index (χ1n) is 10.3. The molecule has 0 aromatic carbocycles. The van der Waals surface area contributed by atoms with E-state index in [2.05, 4.69) is 29.1 Å². The van der Waals surface area contributed by atoms with Gasteiger partial charge in [-0.2, -0.15) is 0 Å². The molecular weight excluding hydrogens is 298 g/mol. The molecule has 1 rings (SSSR count). The molecule has 4 heteroatoms. The fraction of sp³-hybridized carbons (Fsp3) is 0.900. The van der Waals surface area contributed by atoms with Gasteiger partial charge in [-0.25, -0.2) is 0 Å². The number of aliphatic imine (C=N–C) groups is 1. The molecule has 1 N–H and O–H groups in total. The van der Waals surface area contributed by atoms with Crippen molar-refractivity contribution in [3.63, 3.8) is 0 Å². The minimum Gasteiger partial charge on any atom is -0.355 e. The maximum Gasteiger partial charge on any atom is 0.220 e. The lowest BCUT2D eigenvalue weighted by Gasteiger charge is -2.22. The molecular formula is C20H39N3O. The van der Waals surface area contributed by atoms with Crippen molar-refractivity contribution in [3.8, 4) is 0 Å². The van der Waals surface area contributed by atoms with Crippen LogP contribution in [0.5, 0.6) is 0 Å². The topological polar surface area (TPSA) is 44.7 Å². The molecule has 1 amide bonds. The van der Waals surface area contributed by atoms with E-state index in [4.69, 9.17) is 0 Å². The van der Waals surface area contributed by atoms with Crippen LogP contribution in [0.15, 0.2) is 4.99 Å². The van der Waals surface area contributed by atoms with Crippen LogP contribution in [0.3, 0.4) is 0 Å². The second kappa shape index (κ2) is 14.4. The molecule has 1 aliphatic rings. The number of hydrogen-bond donors (Lipinski definition) is 1. The van der Waals surface area contributed by atoms with Crippen molar-refractivity contribution in [3.05, 3.63) is 0 Å². The highest BCUT2D eigenvalue weighted by Crippen LogP contribution is 2.12. The number of nitrogens with one attached hydrogen (secondary N) is 1. The fourth-order valence-electron chi connectivity index (χ4n) is 3.27. The summed E-state index contributed by atoms with van der Waals surface area (Å²) in [5.41, 5.74) is 0. The van der Waals surface area contributed by atoms with E-state index in [-0.39, 0.29) is 5.91 Å². The summed E-state index contributed by atoms with van der Waals surface area (Å²) in [7, 11) is 0. The summed E-state index contributed by atoms with van der Waals surface area (Å²) in [6, 6.07) is 0. The first-order chi connectivity index (χ1) is 11.8. The van der Waals surface area contributed by atoms with Crippen molar-refractivity contribution < 1.29 is 4.79 Å². The lowest BCUT2D eigenvalue weighted by molar-refractivity contribution is -0.121. The van der Waals surface area contributed by atoms with Gasteiger partial charge in [0, 0.05) is 32.3 Å². The number of unbranched alkanes of at least 4 members (excludes halogenated alkanes) is 8. The molecule has 0 aromatic heterocycles. The van der Waals surface area contributed by atoms with Gasteiger partial charge >= 0.3 is 0 Å². The van der Waals surface area contributed by atoms with Crippen LogP contribution < -0.4 is 5.32 Å². The third-order valence-corrected chi connectivity index (χ3v) is 4.79. The summed E-state index contributed by atoms with van der Waals surface area (Å²) in [4.78, 5) is 18.7. The van der Waals surface area contributed by atoms with Crippen LogP contribution in [0, 0.1) is 0 Å². The highest BCUT2D eigenvalue weighted by molar-refractivity contribution is 5.75. The molecule has 0 aromatic rings. The summed E-state index contributed by atoms with van der Waals surface area (Å²) in [5, 5.41) is 3.06. The van der Waals surface area contributed by atoms with E-state index in [0.29, 0.717) is 12.6 Å². The Morgan fingerprint density at radius 2 is 1.71 bits per heavy atom. The number of hydrogen-bond acceptors (Lipinski definition) is 3. The molecule has 1 aliphatic heterocycles. The highest BCUT2D eigenvalue weighted by Gasteiger charge is 2.19. The first-order valence-corrected chi connectivity index (χ1v) is 10.3. The van der Waals surface area contributed by atoms with E-state index in [0.717, 1.165) is 38.9 Å². The molecule has 0 saturated carbocycles. The highest BCUT2D eigenvalue weighted by atomic mass is 16.1. The van der Waals surface area contributed by atoms with Gasteiger partial charge in [-0.05, 0) is 12.8 Å². The van der Waals surface area contributed by atoms with E-state index in [1.165, 1.54) is 51.4 Å². The van der Waals surface area contributed by atoms with E-state index in [9.17, 15) is 4.79 Å². The average molecular weight is 338 g/mol. The minimum atomic E-state index is 0.213. The van der Waals surface area contributed by atoms with E-state index >= 15 is 0 Å². The zero-order valence-electron chi connectivity index (χ0n) is 16.1. The summed E-state index contributed by atoms with van der Waals surface area (Å²) in [6.45, 7) is 7.04. The Balaban J connectivity index is 1.90. The Labute approximate surface area is 149 Å². The third-order valence-electron chi connectivity index (χ3n) is 4.79. The Morgan fingerprint density at radius 3 is 2.38 bits per heavy atom. The number of amides is 1. The molecule has 1 atom stereocenters. The molecule has 140 valence electrons. The monoisotopic (exact) mass is 337 g/mol. The summed E-state index contributed by atoms with van der Waals surface area (Å²) in [6.07, 6.45) is 17.0. The number of rotatable bonds is 15. The molecule has 4 nitrogen and oxygen atoms in total. The van der Waals surface area contributed by atoms with Gasteiger partial charge in [0.1, 0.15) is 6.17 Å². The van der Waals surface area contributed by atoms with Crippen LogP contribution in [0.1, 0.15) is 90.9 Å². The third kappa shape index (κ3) is 10.1. The minimum absolute atomic E-state index is 0.213. The van der Waals surface area contributed by atoms with Gasteiger partial charge in [0.15, 0.2) is 0 Å². The van der Waals surface area contributed by atoms with Gasteiger partial charge in [0.2, 0.25) is 5.91 Å². The molecule has 0 aliphatic carbocycles. The average Bonchev–Trinajstić information content (AvgIpc) is 3.01. The van der Waals surface area contributed by atoms with Crippen LogP contribution in [0.2, 0.25) is 0 Å². The second-order valence-corrected chi connectivity index (χ2v) is 7.02. The van der Waals surface area contributed by atoms with E-state index < -0.39 is 0 Å². The van der Waals surface area contributed by atoms with Crippen molar-refractivity contribution in [1.29, 1.82) is 0 Å². The fourth-order valence-corrected chi connectivity index (χ4v) is 3.27. The Hall–Kier alpha value is -0.900. The van der Waals surface area contributed by atoms with Gasteiger partial charge < -0.3 is 5.32 Å². The van der Waals surface area contributed by atoms with Crippen LogP contribution in [-0.2, 0) is 4.79 Å². The zero-order valence-corrected chi connectivity index (χ0v) is 16.1. The summed E-state index contributed by atoms with van der Waals surface area (Å²) in [5.74, 6) is 0.213. The molecule has 0 saturated heterocycles. The van der Waals surface area contributed by atoms with Gasteiger partial charge in [-0.15, -0.1) is 0 Å². The van der Waals surface area contributed by atoms with Crippen molar-refractivity contribution in [2.45, 2.75) is 97.1 Å². The maximum absolute atomic E-state index is 11.9.